The molecule has 1 rings (SSSR count). The molecule has 0 unspecified atom stereocenters. The molecule has 0 bridgehead atoms. The van der Waals surface area contributed by atoms with E-state index in [1.54, 1.807) is 0 Å². The molecule has 0 fully saturated rings. The summed E-state index contributed by atoms with van der Waals surface area (Å²) in [4.78, 5) is 0. The molecule has 1 heteroatoms. The molecule has 0 amide bonds. The number of hydrogen-bond donors (Lipinski definition) is 1. The Balaban J connectivity index is 2.27. The van der Waals surface area contributed by atoms with Crippen LogP contribution in [0.25, 0.3) is 0 Å². The van der Waals surface area contributed by atoms with Gasteiger partial charge in [-0.25, -0.2) is 0 Å². The fourth-order valence-electron chi connectivity index (χ4n) is 1.06. The average molecular weight is 111 g/mol. The highest BCUT2D eigenvalue weighted by Crippen LogP contribution is 2.08. The summed E-state index contributed by atoms with van der Waals surface area (Å²) in [5.74, 6) is 0. The van der Waals surface area contributed by atoms with Crippen molar-refractivity contribution in [2.75, 3.05) is 7.05 Å². The van der Waals surface area contributed by atoms with Crippen molar-refractivity contribution in [2.45, 2.75) is 25.3 Å². The summed E-state index contributed by atoms with van der Waals surface area (Å²) in [6.07, 6.45) is 8.30. The second kappa shape index (κ2) is 2.88. The molecule has 0 aliphatic heterocycles. The second-order valence-corrected chi connectivity index (χ2v) is 2.27. The highest BCUT2D eigenvalue weighted by molar-refractivity contribution is 4.92. The second-order valence-electron chi connectivity index (χ2n) is 2.27. The fourth-order valence-corrected chi connectivity index (χ4v) is 1.06. The van der Waals surface area contributed by atoms with Gasteiger partial charge in [0.1, 0.15) is 0 Å². The zero-order valence-electron chi connectivity index (χ0n) is 5.35. The molecule has 1 nitrogen and oxygen atoms in total. The van der Waals surface area contributed by atoms with Crippen molar-refractivity contribution in [3.8, 4) is 0 Å². The summed E-state index contributed by atoms with van der Waals surface area (Å²) >= 11 is 0. The van der Waals surface area contributed by atoms with Crippen molar-refractivity contribution in [1.29, 1.82) is 0 Å². The maximum Gasteiger partial charge on any atom is 0.0101 e. The van der Waals surface area contributed by atoms with Crippen LogP contribution in [0.15, 0.2) is 12.2 Å². The molecule has 1 N–H and O–H groups in total. The molecule has 0 heterocycles. The van der Waals surface area contributed by atoms with E-state index in [0.717, 1.165) is 6.04 Å². The van der Waals surface area contributed by atoms with Crippen molar-refractivity contribution in [2.24, 2.45) is 0 Å². The first-order valence-electron chi connectivity index (χ1n) is 3.26. The quantitative estimate of drug-likeness (QED) is 0.503. The van der Waals surface area contributed by atoms with Crippen molar-refractivity contribution in [1.82, 2.24) is 5.32 Å². The Morgan fingerprint density at radius 3 is 2.75 bits per heavy atom. The third-order valence-electron chi connectivity index (χ3n) is 1.68. The van der Waals surface area contributed by atoms with E-state index in [4.69, 9.17) is 0 Å². The summed E-state index contributed by atoms with van der Waals surface area (Å²) < 4.78 is 0. The number of rotatable bonds is 1. The minimum absolute atomic E-state index is 0.750. The maximum atomic E-state index is 3.25. The predicted octanol–water partition coefficient (Wildman–Crippen LogP) is 1.31. The van der Waals surface area contributed by atoms with Crippen molar-refractivity contribution in [3.05, 3.63) is 12.2 Å². The standard InChI is InChI=1S/C7H13N/c1-8-7-5-3-2-4-6-7/h2-3,7-8H,4-6H2,1H3/t7-/m0/s1. The van der Waals surface area contributed by atoms with E-state index < -0.39 is 0 Å². The fraction of sp³-hybridized carbons (Fsp3) is 0.714. The lowest BCUT2D eigenvalue weighted by Crippen LogP contribution is -2.25. The number of allylic oxidation sites excluding steroid dienone is 1. The largest absolute Gasteiger partial charge is 0.317 e. The van der Waals surface area contributed by atoms with Crippen LogP contribution in [0, 0.1) is 0 Å². The first-order chi connectivity index (χ1) is 3.93. The van der Waals surface area contributed by atoms with E-state index in [-0.39, 0.29) is 0 Å². The Hall–Kier alpha value is -0.300. The molecule has 0 aromatic rings. The molecule has 0 saturated carbocycles. The van der Waals surface area contributed by atoms with Crippen LogP contribution in [0.2, 0.25) is 0 Å². The Bertz CT molecular complexity index is 86.4. The summed E-state index contributed by atoms with van der Waals surface area (Å²) in [5, 5.41) is 3.25. The smallest absolute Gasteiger partial charge is 0.0101 e. The molecule has 1 atom stereocenters. The third-order valence-corrected chi connectivity index (χ3v) is 1.68. The Morgan fingerprint density at radius 1 is 1.50 bits per heavy atom. The van der Waals surface area contributed by atoms with Gasteiger partial charge >= 0.3 is 0 Å². The SMILES string of the molecule is CN[C@H]1CC=CCC1. The molecule has 0 aromatic carbocycles. The zero-order valence-corrected chi connectivity index (χ0v) is 5.35. The highest BCUT2D eigenvalue weighted by Gasteiger charge is 2.04. The van der Waals surface area contributed by atoms with Crippen LogP contribution in [0.5, 0.6) is 0 Å². The van der Waals surface area contributed by atoms with Gasteiger partial charge in [-0.3, -0.25) is 0 Å². The molecule has 0 saturated heterocycles. The van der Waals surface area contributed by atoms with Gasteiger partial charge in [0.2, 0.25) is 0 Å². The van der Waals surface area contributed by atoms with Gasteiger partial charge in [-0.1, -0.05) is 12.2 Å². The van der Waals surface area contributed by atoms with Crippen LogP contribution in [-0.2, 0) is 0 Å². The minimum atomic E-state index is 0.750. The molecule has 46 valence electrons. The molecule has 8 heavy (non-hydrogen) atoms. The van der Waals surface area contributed by atoms with Gasteiger partial charge in [0.05, 0.1) is 0 Å². The van der Waals surface area contributed by atoms with Gasteiger partial charge in [0, 0.05) is 6.04 Å². The van der Waals surface area contributed by atoms with E-state index in [1.165, 1.54) is 19.3 Å². The zero-order chi connectivity index (χ0) is 5.82. The van der Waals surface area contributed by atoms with Gasteiger partial charge < -0.3 is 5.32 Å². The van der Waals surface area contributed by atoms with Gasteiger partial charge in [0.25, 0.3) is 0 Å². The van der Waals surface area contributed by atoms with E-state index in [0.29, 0.717) is 0 Å². The predicted molar refractivity (Wildman–Crippen MR) is 35.8 cm³/mol. The Morgan fingerprint density at radius 2 is 2.38 bits per heavy atom. The van der Waals surface area contributed by atoms with Crippen molar-refractivity contribution < 1.29 is 0 Å². The van der Waals surface area contributed by atoms with Crippen molar-refractivity contribution >= 4 is 0 Å². The Kier molecular flexibility index (Phi) is 2.10. The van der Waals surface area contributed by atoms with E-state index in [1.807, 2.05) is 7.05 Å². The summed E-state index contributed by atoms with van der Waals surface area (Å²) in [6, 6.07) is 0.750. The molecular weight excluding hydrogens is 98.1 g/mol. The van der Waals surface area contributed by atoms with Crippen molar-refractivity contribution in [3.63, 3.8) is 0 Å². The first-order valence-corrected chi connectivity index (χ1v) is 3.26. The maximum absolute atomic E-state index is 3.25. The number of hydrogen-bond acceptors (Lipinski definition) is 1. The summed E-state index contributed by atoms with van der Waals surface area (Å²) in [7, 11) is 2.03. The Labute approximate surface area is 50.8 Å². The van der Waals surface area contributed by atoms with Gasteiger partial charge in [-0.2, -0.15) is 0 Å². The van der Waals surface area contributed by atoms with Crippen LogP contribution in [-0.4, -0.2) is 13.1 Å². The lowest BCUT2D eigenvalue weighted by molar-refractivity contribution is 0.517. The van der Waals surface area contributed by atoms with Crippen LogP contribution in [0.3, 0.4) is 0 Å². The topological polar surface area (TPSA) is 12.0 Å². The minimum Gasteiger partial charge on any atom is -0.317 e. The molecular formula is C7H13N. The van der Waals surface area contributed by atoms with Crippen LogP contribution >= 0.6 is 0 Å². The highest BCUT2D eigenvalue weighted by atomic mass is 14.9. The van der Waals surface area contributed by atoms with Gasteiger partial charge in [-0.05, 0) is 26.3 Å². The normalized spacial score (nSPS) is 28.4. The molecule has 0 spiro atoms. The summed E-state index contributed by atoms with van der Waals surface area (Å²) in [6.45, 7) is 0. The van der Waals surface area contributed by atoms with E-state index in [2.05, 4.69) is 17.5 Å². The lowest BCUT2D eigenvalue weighted by Gasteiger charge is -2.15. The third kappa shape index (κ3) is 1.34. The lowest BCUT2D eigenvalue weighted by atomic mass is 10.0. The summed E-state index contributed by atoms with van der Waals surface area (Å²) in [5.41, 5.74) is 0. The van der Waals surface area contributed by atoms with Gasteiger partial charge in [-0.15, -0.1) is 0 Å². The molecule has 1 aliphatic carbocycles. The monoisotopic (exact) mass is 111 g/mol. The first kappa shape index (κ1) is 5.83. The molecule has 0 radical (unpaired) electrons. The van der Waals surface area contributed by atoms with Crippen LogP contribution < -0.4 is 5.32 Å². The average Bonchev–Trinajstić information content (AvgIpc) is 1.90. The molecule has 1 aliphatic rings. The number of nitrogens with one attached hydrogen (secondary N) is 1. The van der Waals surface area contributed by atoms with E-state index >= 15 is 0 Å². The van der Waals surface area contributed by atoms with E-state index in [9.17, 15) is 0 Å². The van der Waals surface area contributed by atoms with Crippen LogP contribution in [0.1, 0.15) is 19.3 Å². The molecule has 0 aromatic heterocycles. The van der Waals surface area contributed by atoms with Gasteiger partial charge in [0.15, 0.2) is 0 Å². The van der Waals surface area contributed by atoms with Crippen LogP contribution in [0.4, 0.5) is 0 Å².